The minimum atomic E-state index is 0.489. The fraction of sp³-hybridized carbons (Fsp3) is 0.0714. The molecule has 18 heavy (non-hydrogen) atoms. The molecule has 0 unspecified atom stereocenters. The number of aryl methyl sites for hydroxylation is 1. The van der Waals surface area contributed by atoms with E-state index in [1.54, 1.807) is 12.4 Å². The van der Waals surface area contributed by atoms with E-state index in [0.29, 0.717) is 4.77 Å². The lowest BCUT2D eigenvalue weighted by Gasteiger charge is -2.08. The third-order valence-electron chi connectivity index (χ3n) is 2.90. The summed E-state index contributed by atoms with van der Waals surface area (Å²) in [5.74, 6) is 0. The Balaban J connectivity index is 2.38. The van der Waals surface area contributed by atoms with Crippen molar-refractivity contribution in [3.05, 3.63) is 53.1 Å². The van der Waals surface area contributed by atoms with Crippen LogP contribution in [0.2, 0.25) is 0 Å². The van der Waals surface area contributed by atoms with Gasteiger partial charge < -0.3 is 4.98 Å². The van der Waals surface area contributed by atoms with Crippen LogP contribution < -0.4 is 0 Å². The quantitative estimate of drug-likeness (QED) is 0.673. The van der Waals surface area contributed by atoms with E-state index in [9.17, 15) is 0 Å². The van der Waals surface area contributed by atoms with Crippen LogP contribution in [-0.2, 0) is 0 Å². The van der Waals surface area contributed by atoms with E-state index in [1.165, 1.54) is 0 Å². The van der Waals surface area contributed by atoms with Gasteiger partial charge in [0, 0.05) is 23.3 Å². The predicted molar refractivity (Wildman–Crippen MR) is 74.9 cm³/mol. The topological polar surface area (TPSA) is 41.6 Å². The van der Waals surface area contributed by atoms with Crippen LogP contribution in [0.5, 0.6) is 0 Å². The number of aromatic nitrogens is 3. The van der Waals surface area contributed by atoms with Gasteiger partial charge in [-0.25, -0.2) is 4.98 Å². The van der Waals surface area contributed by atoms with Gasteiger partial charge in [-0.3, -0.25) is 4.98 Å². The predicted octanol–water partition coefficient (Wildman–Crippen LogP) is 3.66. The van der Waals surface area contributed by atoms with Crippen molar-refractivity contribution < 1.29 is 0 Å². The number of aromatic amines is 1. The van der Waals surface area contributed by atoms with Crippen LogP contribution >= 0.6 is 12.2 Å². The summed E-state index contributed by atoms with van der Waals surface area (Å²) in [5, 5.41) is 1.12. The van der Waals surface area contributed by atoms with Crippen molar-refractivity contribution >= 4 is 23.1 Å². The number of pyridine rings is 1. The first-order valence-electron chi connectivity index (χ1n) is 5.66. The number of benzene rings is 1. The van der Waals surface area contributed by atoms with Gasteiger partial charge >= 0.3 is 0 Å². The van der Waals surface area contributed by atoms with Crippen LogP contribution in [0.1, 0.15) is 5.56 Å². The van der Waals surface area contributed by atoms with E-state index in [2.05, 4.69) is 27.1 Å². The monoisotopic (exact) mass is 253 g/mol. The minimum absolute atomic E-state index is 0.489. The zero-order valence-electron chi connectivity index (χ0n) is 9.84. The molecule has 0 bridgehead atoms. The summed E-state index contributed by atoms with van der Waals surface area (Å²) in [7, 11) is 0. The molecule has 0 radical (unpaired) electrons. The molecule has 3 aromatic rings. The van der Waals surface area contributed by atoms with Gasteiger partial charge in [-0.15, -0.1) is 0 Å². The molecular formula is C14H11N3S. The zero-order chi connectivity index (χ0) is 12.5. The molecule has 88 valence electrons. The smallest absolute Gasteiger partial charge is 0.197 e. The van der Waals surface area contributed by atoms with E-state index in [4.69, 9.17) is 12.2 Å². The Morgan fingerprint density at radius 3 is 2.83 bits per heavy atom. The number of fused-ring (bicyclic) bond motifs is 1. The summed E-state index contributed by atoms with van der Waals surface area (Å²) in [6.45, 7) is 2.01. The summed E-state index contributed by atoms with van der Waals surface area (Å²) in [5.41, 5.74) is 4.07. The molecule has 0 aliphatic carbocycles. The first kappa shape index (κ1) is 11.0. The summed E-state index contributed by atoms with van der Waals surface area (Å²) < 4.78 is 0.489. The van der Waals surface area contributed by atoms with E-state index < -0.39 is 0 Å². The van der Waals surface area contributed by atoms with Gasteiger partial charge in [0.05, 0.1) is 11.2 Å². The second-order valence-electron chi connectivity index (χ2n) is 4.13. The Bertz CT molecular complexity index is 772. The van der Waals surface area contributed by atoms with Crippen LogP contribution in [0.4, 0.5) is 0 Å². The van der Waals surface area contributed by atoms with Crippen LogP contribution in [0.25, 0.3) is 22.2 Å². The maximum absolute atomic E-state index is 5.09. The fourth-order valence-corrected chi connectivity index (χ4v) is 2.20. The summed E-state index contributed by atoms with van der Waals surface area (Å²) in [6, 6.07) is 10.1. The lowest BCUT2D eigenvalue weighted by atomic mass is 10.0. The van der Waals surface area contributed by atoms with Crippen LogP contribution in [-0.4, -0.2) is 15.0 Å². The van der Waals surface area contributed by atoms with Crippen molar-refractivity contribution in [2.45, 2.75) is 6.92 Å². The van der Waals surface area contributed by atoms with E-state index in [-0.39, 0.29) is 0 Å². The molecule has 3 nitrogen and oxygen atoms in total. The van der Waals surface area contributed by atoms with Crippen molar-refractivity contribution in [3.63, 3.8) is 0 Å². The summed E-state index contributed by atoms with van der Waals surface area (Å²) >= 11 is 5.09. The van der Waals surface area contributed by atoms with Gasteiger partial charge in [0.25, 0.3) is 0 Å². The Hall–Kier alpha value is -2.07. The number of nitrogens with one attached hydrogen (secondary N) is 1. The highest BCUT2D eigenvalue weighted by Gasteiger charge is 2.07. The standard InChI is InChI=1S/C14H11N3S/c1-9-8-16-14(18)17-12(9)11-6-2-4-10-5-3-7-15-13(10)11/h2-8H,1H3,(H,16,17,18). The molecule has 4 heteroatoms. The van der Waals surface area contributed by atoms with E-state index in [0.717, 1.165) is 27.7 Å². The Morgan fingerprint density at radius 1 is 1.11 bits per heavy atom. The Morgan fingerprint density at radius 2 is 1.94 bits per heavy atom. The largest absolute Gasteiger partial charge is 0.330 e. The first-order valence-corrected chi connectivity index (χ1v) is 6.06. The number of nitrogens with zero attached hydrogens (tertiary/aromatic N) is 2. The molecule has 0 atom stereocenters. The van der Waals surface area contributed by atoms with Gasteiger partial charge in [-0.1, -0.05) is 24.3 Å². The van der Waals surface area contributed by atoms with Crippen molar-refractivity contribution in [1.82, 2.24) is 15.0 Å². The number of H-pyrrole nitrogens is 1. The molecule has 0 saturated heterocycles. The van der Waals surface area contributed by atoms with Crippen molar-refractivity contribution in [1.29, 1.82) is 0 Å². The zero-order valence-corrected chi connectivity index (χ0v) is 10.7. The highest BCUT2D eigenvalue weighted by Crippen LogP contribution is 2.27. The van der Waals surface area contributed by atoms with Gasteiger partial charge in [0.15, 0.2) is 4.77 Å². The molecule has 2 heterocycles. The molecule has 0 amide bonds. The Kier molecular flexibility index (Phi) is 2.64. The lowest BCUT2D eigenvalue weighted by molar-refractivity contribution is 1.11. The summed E-state index contributed by atoms with van der Waals surface area (Å²) in [6.07, 6.45) is 3.59. The lowest BCUT2D eigenvalue weighted by Crippen LogP contribution is -1.93. The molecule has 0 aliphatic heterocycles. The van der Waals surface area contributed by atoms with E-state index >= 15 is 0 Å². The van der Waals surface area contributed by atoms with Gasteiger partial charge in [0.1, 0.15) is 0 Å². The van der Waals surface area contributed by atoms with Gasteiger partial charge in [-0.2, -0.15) is 0 Å². The molecule has 0 saturated carbocycles. The fourth-order valence-electron chi connectivity index (χ4n) is 2.04. The molecule has 1 N–H and O–H groups in total. The summed E-state index contributed by atoms with van der Waals surface area (Å²) in [4.78, 5) is 11.7. The third kappa shape index (κ3) is 1.80. The van der Waals surface area contributed by atoms with Crippen LogP contribution in [0, 0.1) is 11.7 Å². The SMILES string of the molecule is Cc1cnc(=S)[nH]c1-c1cccc2cccnc12. The second kappa shape index (κ2) is 4.31. The van der Waals surface area contributed by atoms with Crippen molar-refractivity contribution in [3.8, 4) is 11.3 Å². The average molecular weight is 253 g/mol. The second-order valence-corrected chi connectivity index (χ2v) is 4.51. The highest BCUT2D eigenvalue weighted by molar-refractivity contribution is 7.71. The normalized spacial score (nSPS) is 10.7. The molecular weight excluding hydrogens is 242 g/mol. The number of hydrogen-bond acceptors (Lipinski definition) is 3. The van der Waals surface area contributed by atoms with Crippen molar-refractivity contribution in [2.24, 2.45) is 0 Å². The molecule has 3 rings (SSSR count). The first-order chi connectivity index (χ1) is 8.75. The third-order valence-corrected chi connectivity index (χ3v) is 3.11. The molecule has 0 aliphatic rings. The maximum atomic E-state index is 5.09. The molecule has 2 aromatic heterocycles. The van der Waals surface area contributed by atoms with E-state index in [1.807, 2.05) is 25.1 Å². The van der Waals surface area contributed by atoms with Crippen molar-refractivity contribution in [2.75, 3.05) is 0 Å². The molecule has 0 spiro atoms. The highest BCUT2D eigenvalue weighted by atomic mass is 32.1. The number of para-hydroxylation sites is 1. The average Bonchev–Trinajstić information content (AvgIpc) is 2.41. The maximum Gasteiger partial charge on any atom is 0.197 e. The Labute approximate surface area is 110 Å². The number of rotatable bonds is 1. The van der Waals surface area contributed by atoms with Gasteiger partial charge in [0.2, 0.25) is 0 Å². The van der Waals surface area contributed by atoms with Crippen LogP contribution in [0.15, 0.2) is 42.7 Å². The molecule has 0 fully saturated rings. The number of hydrogen-bond donors (Lipinski definition) is 1. The van der Waals surface area contributed by atoms with Crippen LogP contribution in [0.3, 0.4) is 0 Å². The molecule has 1 aromatic carbocycles. The minimum Gasteiger partial charge on any atom is -0.330 e. The van der Waals surface area contributed by atoms with Gasteiger partial charge in [-0.05, 0) is 30.8 Å².